The molecule has 1 aliphatic heterocycles. The molecule has 2 aromatic carbocycles. The van der Waals surface area contributed by atoms with E-state index in [2.05, 4.69) is 10.6 Å². The van der Waals surface area contributed by atoms with Crippen molar-refractivity contribution in [3.8, 4) is 17.6 Å². The monoisotopic (exact) mass is 400 g/mol. The molecule has 1 heterocycles. The van der Waals surface area contributed by atoms with Gasteiger partial charge >= 0.3 is 0 Å². The van der Waals surface area contributed by atoms with Crippen LogP contribution in [0.5, 0.6) is 11.5 Å². The van der Waals surface area contributed by atoms with Crippen LogP contribution >= 0.6 is 11.6 Å². The van der Waals surface area contributed by atoms with E-state index in [1.807, 2.05) is 0 Å². The molecule has 0 aliphatic carbocycles. The smallest absolute Gasteiger partial charge is 0.271 e. The molecule has 0 fully saturated rings. The molecular formula is C18H13ClN4O5. The zero-order chi connectivity index (χ0) is 20.1. The summed E-state index contributed by atoms with van der Waals surface area (Å²) in [5.74, 6) is 0.602. The molecule has 0 saturated carbocycles. The van der Waals surface area contributed by atoms with E-state index < -0.39 is 10.8 Å². The lowest BCUT2D eigenvalue weighted by Crippen LogP contribution is -2.24. The highest BCUT2D eigenvalue weighted by Crippen LogP contribution is 2.32. The summed E-state index contributed by atoms with van der Waals surface area (Å²) in [5.41, 5.74) is 0.575. The molecule has 2 aromatic rings. The first kappa shape index (κ1) is 19.0. The van der Waals surface area contributed by atoms with Crippen LogP contribution in [0, 0.1) is 21.4 Å². The normalized spacial score (nSPS) is 12.2. The Kier molecular flexibility index (Phi) is 5.62. The first-order valence-electron chi connectivity index (χ1n) is 7.95. The number of amides is 1. The number of halogens is 1. The van der Waals surface area contributed by atoms with E-state index in [4.69, 9.17) is 21.1 Å². The Hall–Kier alpha value is -3.77. The van der Waals surface area contributed by atoms with Gasteiger partial charge in [-0.3, -0.25) is 14.9 Å². The summed E-state index contributed by atoms with van der Waals surface area (Å²) in [5, 5.41) is 25.5. The molecule has 10 heteroatoms. The van der Waals surface area contributed by atoms with Crippen LogP contribution in [-0.4, -0.2) is 17.6 Å². The number of anilines is 1. The van der Waals surface area contributed by atoms with E-state index in [-0.39, 0.29) is 35.3 Å². The zero-order valence-electron chi connectivity index (χ0n) is 14.3. The molecule has 28 heavy (non-hydrogen) atoms. The van der Waals surface area contributed by atoms with Crippen LogP contribution in [0.15, 0.2) is 48.2 Å². The minimum Gasteiger partial charge on any atom is -0.454 e. The number of carbonyl (C=O) groups excluding carboxylic acids is 1. The second-order valence-corrected chi connectivity index (χ2v) is 6.01. The number of carbonyl (C=O) groups is 1. The van der Waals surface area contributed by atoms with Crippen molar-refractivity contribution in [3.05, 3.63) is 68.9 Å². The van der Waals surface area contributed by atoms with Crippen LogP contribution < -0.4 is 20.1 Å². The lowest BCUT2D eigenvalue weighted by molar-refractivity contribution is -0.384. The second-order valence-electron chi connectivity index (χ2n) is 5.61. The number of nitro benzene ring substituents is 1. The van der Waals surface area contributed by atoms with Crippen LogP contribution in [0.1, 0.15) is 5.56 Å². The quantitative estimate of drug-likeness (QED) is 0.330. The summed E-state index contributed by atoms with van der Waals surface area (Å²) in [4.78, 5) is 22.5. The van der Waals surface area contributed by atoms with E-state index in [0.717, 1.165) is 11.8 Å². The number of ether oxygens (including phenoxy) is 2. The second kappa shape index (κ2) is 8.28. The lowest BCUT2D eigenvalue weighted by Gasteiger charge is -2.07. The van der Waals surface area contributed by atoms with Crippen molar-refractivity contribution in [2.45, 2.75) is 6.54 Å². The lowest BCUT2D eigenvalue weighted by atomic mass is 10.2. The van der Waals surface area contributed by atoms with Gasteiger partial charge in [0.2, 0.25) is 6.79 Å². The molecular weight excluding hydrogens is 388 g/mol. The molecule has 0 aromatic heterocycles. The summed E-state index contributed by atoms with van der Waals surface area (Å²) < 4.78 is 10.5. The molecule has 0 saturated heterocycles. The molecule has 9 nitrogen and oxygen atoms in total. The third kappa shape index (κ3) is 4.31. The molecule has 0 bridgehead atoms. The summed E-state index contributed by atoms with van der Waals surface area (Å²) in [6.45, 7) is 0.324. The molecule has 1 aliphatic rings. The van der Waals surface area contributed by atoms with Crippen molar-refractivity contribution in [2.75, 3.05) is 12.1 Å². The number of non-ortho nitro benzene ring substituents is 1. The summed E-state index contributed by atoms with van der Waals surface area (Å²) in [6, 6.07) is 10.8. The average Bonchev–Trinajstić information content (AvgIpc) is 3.15. The number of rotatable bonds is 6. The van der Waals surface area contributed by atoms with Crippen LogP contribution in [0.3, 0.4) is 0 Å². The fraction of sp³-hybridized carbons (Fsp3) is 0.111. The molecule has 0 atom stereocenters. The van der Waals surface area contributed by atoms with Crippen LogP contribution in [-0.2, 0) is 11.3 Å². The molecule has 142 valence electrons. The van der Waals surface area contributed by atoms with Gasteiger partial charge in [0, 0.05) is 24.9 Å². The van der Waals surface area contributed by atoms with Gasteiger partial charge in [-0.2, -0.15) is 5.26 Å². The molecule has 3 rings (SSSR count). The number of nitro groups is 1. The van der Waals surface area contributed by atoms with E-state index in [9.17, 15) is 20.2 Å². The Balaban J connectivity index is 1.66. The molecule has 0 radical (unpaired) electrons. The van der Waals surface area contributed by atoms with Gasteiger partial charge in [0.15, 0.2) is 11.5 Å². The highest BCUT2D eigenvalue weighted by Gasteiger charge is 2.15. The Bertz CT molecular complexity index is 1020. The topological polar surface area (TPSA) is 127 Å². The summed E-state index contributed by atoms with van der Waals surface area (Å²) in [7, 11) is 0. The number of nitrogens with zero attached hydrogens (tertiary/aromatic N) is 2. The number of hydrogen-bond acceptors (Lipinski definition) is 7. The van der Waals surface area contributed by atoms with Gasteiger partial charge in [-0.15, -0.1) is 0 Å². The van der Waals surface area contributed by atoms with Gasteiger partial charge in [-0.25, -0.2) is 0 Å². The minimum atomic E-state index is -0.616. The third-order valence-corrected chi connectivity index (χ3v) is 4.12. The van der Waals surface area contributed by atoms with E-state index in [1.54, 1.807) is 24.3 Å². The van der Waals surface area contributed by atoms with Crippen molar-refractivity contribution in [1.29, 1.82) is 5.26 Å². The highest BCUT2D eigenvalue weighted by molar-refractivity contribution is 6.33. The maximum absolute atomic E-state index is 12.2. The third-order valence-electron chi connectivity index (χ3n) is 3.79. The fourth-order valence-corrected chi connectivity index (χ4v) is 2.54. The van der Waals surface area contributed by atoms with Gasteiger partial charge < -0.3 is 20.1 Å². The average molecular weight is 401 g/mol. The zero-order valence-corrected chi connectivity index (χ0v) is 15.0. The molecule has 0 unspecified atom stereocenters. The molecule has 2 N–H and O–H groups in total. The van der Waals surface area contributed by atoms with Crippen LogP contribution in [0.25, 0.3) is 0 Å². The number of nitrogens with one attached hydrogen (secondary N) is 2. The highest BCUT2D eigenvalue weighted by atomic mass is 35.5. The van der Waals surface area contributed by atoms with Crippen molar-refractivity contribution >= 4 is 28.9 Å². The maximum Gasteiger partial charge on any atom is 0.271 e. The van der Waals surface area contributed by atoms with E-state index in [1.165, 1.54) is 18.2 Å². The van der Waals surface area contributed by atoms with Crippen LogP contribution in [0.2, 0.25) is 5.02 Å². The summed E-state index contributed by atoms with van der Waals surface area (Å²) >= 11 is 5.97. The maximum atomic E-state index is 12.2. The van der Waals surface area contributed by atoms with Crippen molar-refractivity contribution in [1.82, 2.24) is 5.32 Å². The van der Waals surface area contributed by atoms with E-state index in [0.29, 0.717) is 11.5 Å². The van der Waals surface area contributed by atoms with Gasteiger partial charge in [0.05, 0.1) is 15.6 Å². The number of hydrogen-bond donors (Lipinski definition) is 2. The number of benzene rings is 2. The molecule has 0 spiro atoms. The Labute approximate surface area is 164 Å². The summed E-state index contributed by atoms with van der Waals surface area (Å²) in [6.07, 6.45) is 1.14. The number of fused-ring (bicyclic) bond motifs is 1. The predicted molar refractivity (Wildman–Crippen MR) is 99.8 cm³/mol. The first-order valence-corrected chi connectivity index (χ1v) is 8.33. The Morgan fingerprint density at radius 2 is 2.07 bits per heavy atom. The fourth-order valence-electron chi connectivity index (χ4n) is 2.36. The van der Waals surface area contributed by atoms with Gasteiger partial charge in [-0.05, 0) is 23.8 Å². The van der Waals surface area contributed by atoms with Crippen molar-refractivity contribution in [3.63, 3.8) is 0 Å². The van der Waals surface area contributed by atoms with Gasteiger partial charge in [0.25, 0.3) is 11.6 Å². The van der Waals surface area contributed by atoms with Gasteiger partial charge in [-0.1, -0.05) is 17.7 Å². The predicted octanol–water partition coefficient (Wildman–Crippen LogP) is 3.11. The largest absolute Gasteiger partial charge is 0.454 e. The standard InChI is InChI=1S/C18H13ClN4O5/c19-14-3-2-13(23(25)26)6-15(14)21-9-12(7-20)18(24)22-8-11-1-4-16-17(5-11)28-10-27-16/h1-6,9,21H,8,10H2,(H,22,24)/b12-9-. The molecule has 1 amide bonds. The van der Waals surface area contributed by atoms with Crippen molar-refractivity contribution in [2.24, 2.45) is 0 Å². The first-order chi connectivity index (χ1) is 13.5. The SMILES string of the molecule is N#C/C(=C/Nc1cc([N+](=O)[O-])ccc1Cl)C(=O)NCc1ccc2c(c1)OCO2. The van der Waals surface area contributed by atoms with Crippen LogP contribution in [0.4, 0.5) is 11.4 Å². The Morgan fingerprint density at radius 1 is 1.29 bits per heavy atom. The van der Waals surface area contributed by atoms with Gasteiger partial charge in [0.1, 0.15) is 11.6 Å². The number of nitriles is 1. The minimum absolute atomic E-state index is 0.151. The Morgan fingerprint density at radius 3 is 2.82 bits per heavy atom. The van der Waals surface area contributed by atoms with E-state index >= 15 is 0 Å². The van der Waals surface area contributed by atoms with Crippen molar-refractivity contribution < 1.29 is 19.2 Å².